The number of hydrogen-bond donors (Lipinski definition) is 3. The normalized spacial score (nSPS) is 11.4. The molecule has 0 fully saturated rings. The molecule has 11 heteroatoms. The van der Waals surface area contributed by atoms with Crippen LogP contribution in [0, 0.1) is 0 Å². The molecule has 0 saturated heterocycles. The predicted octanol–water partition coefficient (Wildman–Crippen LogP) is 4.55. The van der Waals surface area contributed by atoms with E-state index in [1.807, 2.05) is 0 Å². The van der Waals surface area contributed by atoms with Gasteiger partial charge in [-0.3, -0.25) is 14.2 Å². The monoisotopic (exact) mass is 537 g/mol. The van der Waals surface area contributed by atoms with Crippen molar-refractivity contribution < 1.29 is 26.4 Å². The summed E-state index contributed by atoms with van der Waals surface area (Å²) in [6.45, 7) is 0. The molecule has 0 radical (unpaired) electrons. The summed E-state index contributed by atoms with van der Waals surface area (Å²) in [4.78, 5) is 12.8. The molecule has 0 saturated carbocycles. The largest absolute Gasteiger partial charge is 0.497 e. The summed E-state index contributed by atoms with van der Waals surface area (Å²) in [5, 5.41) is 2.69. The smallest absolute Gasteiger partial charge is 0.261 e. The SMILES string of the molecule is COc1ccc(NS(=O)(=O)c2ccc(NC(=O)c3ccc(NS(=O)(=O)c4ccccc4)cc3)cc2)cc1. The standard InChI is InChI=1S/C26H23N3O6S2/c1-35-23-15-11-22(12-16-23)29-37(33,34)25-17-13-20(14-18-25)27-26(30)19-7-9-21(10-8-19)28-36(31,32)24-5-3-2-4-6-24/h2-18,28-29H,1H3,(H,27,30). The molecule has 0 spiro atoms. The minimum absolute atomic E-state index is 0.0244. The molecular weight excluding hydrogens is 514 g/mol. The molecule has 0 aliphatic heterocycles. The van der Waals surface area contributed by atoms with E-state index in [0.717, 1.165) is 0 Å². The van der Waals surface area contributed by atoms with Crippen molar-refractivity contribution in [3.05, 3.63) is 109 Å². The molecule has 4 rings (SSSR count). The van der Waals surface area contributed by atoms with E-state index in [-0.39, 0.29) is 9.79 Å². The molecule has 0 aliphatic carbocycles. The maximum Gasteiger partial charge on any atom is 0.261 e. The zero-order valence-electron chi connectivity index (χ0n) is 19.6. The van der Waals surface area contributed by atoms with Crippen LogP contribution in [0.2, 0.25) is 0 Å². The number of carbonyl (C=O) groups excluding carboxylic acids is 1. The zero-order chi connectivity index (χ0) is 26.5. The van der Waals surface area contributed by atoms with Crippen LogP contribution in [0.15, 0.2) is 113 Å². The molecule has 4 aromatic rings. The number of rotatable bonds is 9. The van der Waals surface area contributed by atoms with Crippen LogP contribution >= 0.6 is 0 Å². The minimum Gasteiger partial charge on any atom is -0.497 e. The number of carbonyl (C=O) groups is 1. The third-order valence-electron chi connectivity index (χ3n) is 5.22. The molecule has 0 aromatic heterocycles. The molecule has 0 heterocycles. The molecule has 0 unspecified atom stereocenters. The lowest BCUT2D eigenvalue weighted by Crippen LogP contribution is -2.15. The van der Waals surface area contributed by atoms with Gasteiger partial charge in [0.2, 0.25) is 0 Å². The number of ether oxygens (including phenoxy) is 1. The number of nitrogens with one attached hydrogen (secondary N) is 3. The van der Waals surface area contributed by atoms with Crippen LogP contribution in [0.1, 0.15) is 10.4 Å². The maximum absolute atomic E-state index is 12.7. The number of anilines is 3. The Bertz CT molecular complexity index is 1590. The number of sulfonamides is 2. The van der Waals surface area contributed by atoms with E-state index in [2.05, 4.69) is 14.8 Å². The Morgan fingerprint density at radius 1 is 0.595 bits per heavy atom. The van der Waals surface area contributed by atoms with Crippen molar-refractivity contribution in [1.82, 2.24) is 0 Å². The summed E-state index contributed by atoms with van der Waals surface area (Å²) in [5.41, 5.74) is 1.37. The Balaban J connectivity index is 1.39. The van der Waals surface area contributed by atoms with Gasteiger partial charge in [0, 0.05) is 22.6 Å². The average molecular weight is 538 g/mol. The van der Waals surface area contributed by atoms with E-state index in [4.69, 9.17) is 4.74 Å². The van der Waals surface area contributed by atoms with E-state index < -0.39 is 26.0 Å². The highest BCUT2D eigenvalue weighted by atomic mass is 32.2. The van der Waals surface area contributed by atoms with E-state index in [0.29, 0.717) is 28.4 Å². The first-order chi connectivity index (χ1) is 17.7. The van der Waals surface area contributed by atoms with Gasteiger partial charge in [0.1, 0.15) is 5.75 Å². The van der Waals surface area contributed by atoms with Crippen LogP contribution in [0.25, 0.3) is 0 Å². The van der Waals surface area contributed by atoms with Gasteiger partial charge in [0.15, 0.2) is 0 Å². The lowest BCUT2D eigenvalue weighted by molar-refractivity contribution is 0.102. The number of benzene rings is 4. The van der Waals surface area contributed by atoms with Crippen LogP contribution < -0.4 is 19.5 Å². The van der Waals surface area contributed by atoms with Crippen LogP contribution in [0.5, 0.6) is 5.75 Å². The lowest BCUT2D eigenvalue weighted by Gasteiger charge is -2.11. The van der Waals surface area contributed by atoms with E-state index in [1.54, 1.807) is 42.5 Å². The summed E-state index contributed by atoms with van der Waals surface area (Å²) >= 11 is 0. The van der Waals surface area contributed by atoms with Crippen molar-refractivity contribution in [3.63, 3.8) is 0 Å². The number of amides is 1. The van der Waals surface area contributed by atoms with Crippen molar-refractivity contribution in [2.75, 3.05) is 21.9 Å². The van der Waals surface area contributed by atoms with E-state index >= 15 is 0 Å². The predicted molar refractivity (Wildman–Crippen MR) is 142 cm³/mol. The summed E-state index contributed by atoms with van der Waals surface area (Å²) in [6, 6.07) is 26.0. The molecule has 1 amide bonds. The van der Waals surface area contributed by atoms with Crippen molar-refractivity contribution in [3.8, 4) is 5.75 Å². The number of hydrogen-bond acceptors (Lipinski definition) is 6. The van der Waals surface area contributed by atoms with Crippen molar-refractivity contribution >= 4 is 43.0 Å². The quantitative estimate of drug-likeness (QED) is 0.287. The Morgan fingerprint density at radius 3 is 1.57 bits per heavy atom. The fourth-order valence-electron chi connectivity index (χ4n) is 3.30. The summed E-state index contributed by atoms with van der Waals surface area (Å²) in [6.07, 6.45) is 0. The van der Waals surface area contributed by atoms with Crippen LogP contribution in [-0.4, -0.2) is 29.9 Å². The minimum atomic E-state index is -3.83. The van der Waals surface area contributed by atoms with Gasteiger partial charge in [-0.15, -0.1) is 0 Å². The highest BCUT2D eigenvalue weighted by molar-refractivity contribution is 7.93. The highest BCUT2D eigenvalue weighted by Crippen LogP contribution is 2.21. The first-order valence-corrected chi connectivity index (χ1v) is 13.9. The van der Waals surface area contributed by atoms with E-state index in [1.165, 1.54) is 67.8 Å². The van der Waals surface area contributed by atoms with Crippen LogP contribution in [-0.2, 0) is 20.0 Å². The van der Waals surface area contributed by atoms with Crippen molar-refractivity contribution in [2.24, 2.45) is 0 Å². The molecular formula is C26H23N3O6S2. The third-order valence-corrected chi connectivity index (χ3v) is 8.01. The van der Waals surface area contributed by atoms with Gasteiger partial charge >= 0.3 is 0 Å². The fraction of sp³-hybridized carbons (Fsp3) is 0.0385. The molecule has 190 valence electrons. The van der Waals surface area contributed by atoms with Crippen LogP contribution in [0.3, 0.4) is 0 Å². The first-order valence-electron chi connectivity index (χ1n) is 10.9. The molecule has 37 heavy (non-hydrogen) atoms. The fourth-order valence-corrected chi connectivity index (χ4v) is 5.44. The van der Waals surface area contributed by atoms with Gasteiger partial charge in [-0.2, -0.15) is 0 Å². The molecule has 9 nitrogen and oxygen atoms in total. The Kier molecular flexibility index (Phi) is 7.46. The second kappa shape index (κ2) is 10.7. The maximum atomic E-state index is 12.7. The first kappa shape index (κ1) is 25.7. The van der Waals surface area contributed by atoms with Gasteiger partial charge in [0.05, 0.1) is 16.9 Å². The molecule has 3 N–H and O–H groups in total. The van der Waals surface area contributed by atoms with Gasteiger partial charge in [-0.05, 0) is 84.9 Å². The van der Waals surface area contributed by atoms with Gasteiger partial charge < -0.3 is 10.1 Å². The second-order valence-corrected chi connectivity index (χ2v) is 11.2. The van der Waals surface area contributed by atoms with Crippen molar-refractivity contribution in [2.45, 2.75) is 9.79 Å². The Labute approximate surface area is 215 Å². The zero-order valence-corrected chi connectivity index (χ0v) is 21.2. The third kappa shape index (κ3) is 6.46. The molecule has 0 bridgehead atoms. The Hall–Kier alpha value is -4.35. The van der Waals surface area contributed by atoms with Gasteiger partial charge in [-0.1, -0.05) is 18.2 Å². The molecule has 4 aromatic carbocycles. The van der Waals surface area contributed by atoms with Gasteiger partial charge in [-0.25, -0.2) is 16.8 Å². The average Bonchev–Trinajstić information content (AvgIpc) is 2.90. The summed E-state index contributed by atoms with van der Waals surface area (Å²) in [5.74, 6) is 0.163. The summed E-state index contributed by atoms with van der Waals surface area (Å²) < 4.78 is 60.2. The summed E-state index contributed by atoms with van der Waals surface area (Å²) in [7, 11) is -6.06. The second-order valence-electron chi connectivity index (χ2n) is 7.81. The van der Waals surface area contributed by atoms with Crippen LogP contribution in [0.4, 0.5) is 17.1 Å². The lowest BCUT2D eigenvalue weighted by atomic mass is 10.2. The topological polar surface area (TPSA) is 131 Å². The van der Waals surface area contributed by atoms with Crippen molar-refractivity contribution in [1.29, 1.82) is 0 Å². The highest BCUT2D eigenvalue weighted by Gasteiger charge is 2.16. The number of methoxy groups -OCH3 is 1. The van der Waals surface area contributed by atoms with E-state index in [9.17, 15) is 21.6 Å². The molecule has 0 aliphatic rings. The molecule has 0 atom stereocenters. The van der Waals surface area contributed by atoms with Gasteiger partial charge in [0.25, 0.3) is 26.0 Å². The Morgan fingerprint density at radius 2 is 1.05 bits per heavy atom.